The standard InChI is InChI=1S/2C25H42O3.C25H40O3/c3*1-17(7-4-5-14-26)21-11-12-22-20(8-6-13-25(21,22)3)10-9-19-15-23(27)18(2)24(28)16-19/h2*9-10,17-18,21-24,26-28H,4-8,11-16H2,1-3H3;9-10,17,21-24,26-28H,2,4-8,11-16H2,1,3H3/b2*19-9?,20-10+;20-10+/t2*17-,18?,21-,22+,23-,24-,25-;17-,21-,22+,23-,24-,25-/m111/s1. The van der Waals surface area contributed by atoms with E-state index < -0.39 is 36.6 Å². The number of aliphatic hydroxyl groups is 9. The smallest absolute Gasteiger partial charge is 0.0809 e. The van der Waals surface area contributed by atoms with Crippen LogP contribution >= 0.6 is 0 Å². The molecule has 0 aromatic heterocycles. The molecule has 18 atom stereocenters. The van der Waals surface area contributed by atoms with Crippen molar-refractivity contribution in [3.63, 3.8) is 0 Å². The number of allylic oxidation sites excluding steroid dienone is 9. The number of unbranched alkanes of at least 4 members (excludes halogenated alkanes) is 3. The summed E-state index contributed by atoms with van der Waals surface area (Å²) in [7, 11) is 0. The quantitative estimate of drug-likeness (QED) is 0.0477. The van der Waals surface area contributed by atoms with Crippen LogP contribution in [0.5, 0.6) is 0 Å². The first-order chi connectivity index (χ1) is 40.1. The van der Waals surface area contributed by atoms with E-state index in [1.165, 1.54) is 127 Å². The third-order valence-electron chi connectivity index (χ3n) is 25.1. The summed E-state index contributed by atoms with van der Waals surface area (Å²) in [5, 5.41) is 88.2. The lowest BCUT2D eigenvalue weighted by molar-refractivity contribution is 0.00358. The highest BCUT2D eigenvalue weighted by atomic mass is 16.3. The maximum atomic E-state index is 10.2. The van der Waals surface area contributed by atoms with Crippen LogP contribution in [-0.2, 0) is 0 Å². The Labute approximate surface area is 511 Å². The second kappa shape index (κ2) is 32.0. The molecule has 0 aromatic carbocycles. The lowest BCUT2D eigenvalue weighted by Crippen LogP contribution is -2.36. The highest BCUT2D eigenvalue weighted by Gasteiger charge is 2.53. The van der Waals surface area contributed by atoms with Gasteiger partial charge in [-0.3, -0.25) is 0 Å². The van der Waals surface area contributed by atoms with Gasteiger partial charge in [-0.05, 0) is 229 Å². The number of rotatable bonds is 18. The number of aliphatic hydroxyl groups excluding tert-OH is 9. The average molecular weight is 1170 g/mol. The topological polar surface area (TPSA) is 182 Å². The molecule has 0 heterocycles. The van der Waals surface area contributed by atoms with Crippen LogP contribution in [0.4, 0.5) is 0 Å². The number of fused-ring (bicyclic) bond motifs is 3. The molecule has 9 aliphatic rings. The van der Waals surface area contributed by atoms with Gasteiger partial charge in [-0.1, -0.05) is 170 Å². The molecule has 9 rings (SSSR count). The third kappa shape index (κ3) is 16.8. The molecule has 0 bridgehead atoms. The molecular weight excluding hydrogens is 1040 g/mol. The molecule has 9 nitrogen and oxygen atoms in total. The van der Waals surface area contributed by atoms with E-state index in [2.05, 4.69) is 84.6 Å². The van der Waals surface area contributed by atoms with Gasteiger partial charge in [-0.25, -0.2) is 0 Å². The Hall–Kier alpha value is -2.18. The summed E-state index contributed by atoms with van der Waals surface area (Å²) in [6.07, 6.45) is 44.1. The monoisotopic (exact) mass is 1170 g/mol. The average Bonchev–Trinajstić information content (AvgIpc) is 3.07. The predicted octanol–water partition coefficient (Wildman–Crippen LogP) is 14.9. The van der Waals surface area contributed by atoms with Crippen molar-refractivity contribution < 1.29 is 46.0 Å². The fraction of sp³-hybridized carbons (Fsp3) is 0.813. The van der Waals surface area contributed by atoms with E-state index in [4.69, 9.17) is 15.3 Å². The van der Waals surface area contributed by atoms with E-state index in [1.54, 1.807) is 16.7 Å². The molecule has 84 heavy (non-hydrogen) atoms. The van der Waals surface area contributed by atoms with Gasteiger partial charge in [-0.15, -0.1) is 0 Å². The van der Waals surface area contributed by atoms with Crippen molar-refractivity contribution in [2.75, 3.05) is 19.8 Å². The molecule has 9 fully saturated rings. The Kier molecular flexibility index (Phi) is 26.4. The molecule has 0 spiro atoms. The van der Waals surface area contributed by atoms with Crippen molar-refractivity contribution >= 4 is 0 Å². The van der Waals surface area contributed by atoms with Crippen LogP contribution in [0, 0.1) is 81.3 Å². The highest BCUT2D eigenvalue weighted by Crippen LogP contribution is 2.62. The zero-order valence-corrected chi connectivity index (χ0v) is 54.3. The zero-order valence-electron chi connectivity index (χ0n) is 54.3. The number of hydrogen-bond donors (Lipinski definition) is 9. The van der Waals surface area contributed by atoms with Crippen molar-refractivity contribution in [3.8, 4) is 0 Å². The Morgan fingerprint density at radius 3 is 0.964 bits per heavy atom. The molecule has 0 unspecified atom stereocenters. The van der Waals surface area contributed by atoms with E-state index in [0.29, 0.717) is 97.9 Å². The summed E-state index contributed by atoms with van der Waals surface area (Å²) >= 11 is 0. The SMILES string of the molecule is C=C1[C@H](O)CC(=C/C=C2\CCC[C@]3(C)[C@@H]([C@H](C)CCCCO)CC[C@@H]23)C[C@H]1O.CC1[C@H](O)CC(=C/C=C2\CCC[C@]3(C)[C@@H]([C@H](C)CCCCO)CC[C@@H]23)C[C@H]1O.CC1[C@H](O)CC(=C/C=C2\CCC[C@]3(C)[C@@H]([C@H](C)CCCCO)CC[C@@H]23)C[C@H]1O. The van der Waals surface area contributed by atoms with Crippen LogP contribution in [0.25, 0.3) is 0 Å². The predicted molar refractivity (Wildman–Crippen MR) is 345 cm³/mol. The molecule has 0 radical (unpaired) electrons. The van der Waals surface area contributed by atoms with Crippen molar-refractivity contribution in [1.29, 1.82) is 0 Å². The molecule has 9 N–H and O–H groups in total. The minimum atomic E-state index is -0.611. The van der Waals surface area contributed by atoms with Gasteiger partial charge in [0, 0.05) is 31.7 Å². The molecule has 9 aliphatic carbocycles. The normalized spacial score (nSPS) is 40.3. The van der Waals surface area contributed by atoms with Crippen LogP contribution in [0.1, 0.15) is 248 Å². The molecule has 478 valence electrons. The van der Waals surface area contributed by atoms with Crippen molar-refractivity contribution in [3.05, 3.63) is 82.0 Å². The first kappa shape index (κ1) is 69.3. The molecular formula is C75H124O9. The highest BCUT2D eigenvalue weighted by molar-refractivity contribution is 5.31. The Morgan fingerprint density at radius 1 is 0.417 bits per heavy atom. The Balaban J connectivity index is 0.000000181. The maximum Gasteiger partial charge on any atom is 0.0809 e. The minimum Gasteiger partial charge on any atom is -0.396 e. The summed E-state index contributed by atoms with van der Waals surface area (Å²) in [6.45, 7) is 23.5. The lowest BCUT2D eigenvalue weighted by Gasteiger charge is -2.44. The fourth-order valence-electron chi connectivity index (χ4n) is 19.6. The van der Waals surface area contributed by atoms with Crippen molar-refractivity contribution in [1.82, 2.24) is 0 Å². The minimum absolute atomic E-state index is 0.0225. The third-order valence-corrected chi connectivity index (χ3v) is 25.1. The molecule has 0 aliphatic heterocycles. The van der Waals surface area contributed by atoms with Crippen LogP contribution in [0.15, 0.2) is 82.0 Å². The molecule has 9 heteroatoms. The fourth-order valence-corrected chi connectivity index (χ4v) is 19.6. The summed E-state index contributed by atoms with van der Waals surface area (Å²) in [5.41, 5.74) is 10.1. The van der Waals surface area contributed by atoms with Crippen LogP contribution in [0.2, 0.25) is 0 Å². The van der Waals surface area contributed by atoms with Crippen LogP contribution in [0.3, 0.4) is 0 Å². The van der Waals surface area contributed by atoms with Gasteiger partial charge in [0.15, 0.2) is 0 Å². The van der Waals surface area contributed by atoms with Gasteiger partial charge in [0.05, 0.1) is 36.6 Å². The second-order valence-electron chi connectivity index (χ2n) is 30.4. The molecule has 0 aromatic rings. The Bertz CT molecular complexity index is 2130. The van der Waals surface area contributed by atoms with Crippen molar-refractivity contribution in [2.45, 2.75) is 285 Å². The molecule has 0 saturated heterocycles. The number of hydrogen-bond acceptors (Lipinski definition) is 9. The van der Waals surface area contributed by atoms with E-state index in [0.717, 1.165) is 79.6 Å². The van der Waals surface area contributed by atoms with E-state index in [9.17, 15) is 30.6 Å². The largest absolute Gasteiger partial charge is 0.396 e. The summed E-state index contributed by atoms with van der Waals surface area (Å²) < 4.78 is 0. The summed E-state index contributed by atoms with van der Waals surface area (Å²) in [5.74, 6) is 6.62. The van der Waals surface area contributed by atoms with Crippen LogP contribution < -0.4 is 0 Å². The lowest BCUT2D eigenvalue weighted by atomic mass is 9.60. The first-order valence-corrected chi connectivity index (χ1v) is 34.8. The maximum absolute atomic E-state index is 10.2. The van der Waals surface area contributed by atoms with E-state index >= 15 is 0 Å². The van der Waals surface area contributed by atoms with Gasteiger partial charge in [-0.2, -0.15) is 0 Å². The molecule has 9 saturated carbocycles. The van der Waals surface area contributed by atoms with Gasteiger partial charge >= 0.3 is 0 Å². The molecule has 0 amide bonds. The Morgan fingerprint density at radius 2 is 0.690 bits per heavy atom. The van der Waals surface area contributed by atoms with E-state index in [1.807, 2.05) is 13.8 Å². The van der Waals surface area contributed by atoms with Gasteiger partial charge in [0.1, 0.15) is 0 Å². The van der Waals surface area contributed by atoms with Gasteiger partial charge < -0.3 is 46.0 Å². The summed E-state index contributed by atoms with van der Waals surface area (Å²) in [6, 6.07) is 0. The van der Waals surface area contributed by atoms with Gasteiger partial charge in [0.25, 0.3) is 0 Å². The van der Waals surface area contributed by atoms with Crippen molar-refractivity contribution in [2.24, 2.45) is 81.3 Å². The van der Waals surface area contributed by atoms with Gasteiger partial charge in [0.2, 0.25) is 0 Å². The van der Waals surface area contributed by atoms with Crippen LogP contribution in [-0.4, -0.2) is 102 Å². The summed E-state index contributed by atoms with van der Waals surface area (Å²) in [4.78, 5) is 0. The first-order valence-electron chi connectivity index (χ1n) is 34.8. The second-order valence-corrected chi connectivity index (χ2v) is 30.4. The van der Waals surface area contributed by atoms with E-state index in [-0.39, 0.29) is 11.8 Å². The zero-order chi connectivity index (χ0) is 60.9.